The Bertz CT molecular complexity index is 1640. The van der Waals surface area contributed by atoms with E-state index in [-0.39, 0.29) is 28.9 Å². The maximum Gasteiger partial charge on any atom is 0.418 e. The van der Waals surface area contributed by atoms with Gasteiger partial charge in [-0.25, -0.2) is 9.78 Å². The van der Waals surface area contributed by atoms with E-state index in [4.69, 9.17) is 9.26 Å². The van der Waals surface area contributed by atoms with Crippen LogP contribution in [0.2, 0.25) is 0 Å². The standard InChI is InChI=1S/C30H27F3N4O4/c1-40-25-16-24(29(38)39)35-23-9-7-19(15-21(23)25)37-13-10-17(11-14-37)4-8-20-26(36-41-28(20)18-5-6-18)27-22(30(31,32)33)3-2-12-34-27/h2-4,7-9,12,15-18H,5-6,10-11,13-14H2,1H3,(H,38,39)/b8-4+. The van der Waals surface area contributed by atoms with Crippen molar-refractivity contribution in [1.29, 1.82) is 0 Å². The van der Waals surface area contributed by atoms with Gasteiger partial charge >= 0.3 is 12.1 Å². The number of benzene rings is 1. The van der Waals surface area contributed by atoms with Gasteiger partial charge in [0, 0.05) is 47.9 Å². The van der Waals surface area contributed by atoms with Crippen molar-refractivity contribution in [2.75, 3.05) is 25.1 Å². The lowest BCUT2D eigenvalue weighted by Gasteiger charge is -2.32. The Morgan fingerprint density at radius 3 is 2.59 bits per heavy atom. The number of aromatic nitrogens is 3. The summed E-state index contributed by atoms with van der Waals surface area (Å²) < 4.78 is 52.2. The second-order valence-corrected chi connectivity index (χ2v) is 10.4. The minimum Gasteiger partial charge on any atom is -0.496 e. The first-order valence-electron chi connectivity index (χ1n) is 13.4. The Balaban J connectivity index is 1.21. The van der Waals surface area contributed by atoms with E-state index in [0.29, 0.717) is 22.6 Å². The molecule has 212 valence electrons. The summed E-state index contributed by atoms with van der Waals surface area (Å²) in [5.41, 5.74) is 1.10. The predicted octanol–water partition coefficient (Wildman–Crippen LogP) is 6.82. The van der Waals surface area contributed by atoms with Crippen molar-refractivity contribution in [3.05, 3.63) is 71.3 Å². The summed E-state index contributed by atoms with van der Waals surface area (Å²) in [6, 6.07) is 9.38. The smallest absolute Gasteiger partial charge is 0.418 e. The van der Waals surface area contributed by atoms with Gasteiger partial charge in [0.1, 0.15) is 22.9 Å². The summed E-state index contributed by atoms with van der Waals surface area (Å²) in [5.74, 6) is 0.345. The van der Waals surface area contributed by atoms with E-state index in [1.54, 1.807) is 6.07 Å². The number of aromatic carboxylic acids is 1. The number of allylic oxidation sites excluding steroid dienone is 1. The molecule has 1 aliphatic heterocycles. The van der Waals surface area contributed by atoms with Gasteiger partial charge in [0.25, 0.3) is 0 Å². The van der Waals surface area contributed by atoms with Gasteiger partial charge in [-0.15, -0.1) is 0 Å². The van der Waals surface area contributed by atoms with Gasteiger partial charge < -0.3 is 19.3 Å². The van der Waals surface area contributed by atoms with Crippen molar-refractivity contribution in [2.24, 2.45) is 5.92 Å². The van der Waals surface area contributed by atoms with Gasteiger partial charge in [0.15, 0.2) is 5.69 Å². The molecule has 11 heteroatoms. The third-order valence-corrected chi connectivity index (χ3v) is 7.67. The molecule has 0 amide bonds. The maximum atomic E-state index is 13.7. The van der Waals surface area contributed by atoms with Gasteiger partial charge in [0.05, 0.1) is 18.2 Å². The number of ether oxygens (including phenoxy) is 1. The van der Waals surface area contributed by atoms with Crippen LogP contribution in [0.1, 0.15) is 59.0 Å². The van der Waals surface area contributed by atoms with Crippen LogP contribution in [0.15, 0.2) is 53.2 Å². The number of halogens is 3. The second-order valence-electron chi connectivity index (χ2n) is 10.4. The quantitative estimate of drug-likeness (QED) is 0.261. The van der Waals surface area contributed by atoms with Crippen LogP contribution in [0.5, 0.6) is 5.75 Å². The van der Waals surface area contributed by atoms with E-state index in [1.165, 1.54) is 25.4 Å². The molecule has 0 radical (unpaired) electrons. The third kappa shape index (κ3) is 5.36. The van der Waals surface area contributed by atoms with E-state index in [9.17, 15) is 23.1 Å². The van der Waals surface area contributed by atoms with E-state index < -0.39 is 17.7 Å². The number of carboxylic acids is 1. The molecule has 1 aliphatic carbocycles. The summed E-state index contributed by atoms with van der Waals surface area (Å²) >= 11 is 0. The van der Waals surface area contributed by atoms with Crippen LogP contribution in [0.4, 0.5) is 18.9 Å². The fraction of sp³-hybridized carbons (Fsp3) is 0.333. The molecule has 1 aromatic carbocycles. The van der Waals surface area contributed by atoms with Crippen LogP contribution < -0.4 is 9.64 Å². The molecule has 3 aromatic heterocycles. The lowest BCUT2D eigenvalue weighted by Crippen LogP contribution is -2.33. The van der Waals surface area contributed by atoms with E-state index in [2.05, 4.69) is 26.1 Å². The van der Waals surface area contributed by atoms with Gasteiger partial charge in [-0.1, -0.05) is 17.3 Å². The van der Waals surface area contributed by atoms with Crippen LogP contribution in [0, 0.1) is 5.92 Å². The highest BCUT2D eigenvalue weighted by Gasteiger charge is 2.38. The number of alkyl halides is 3. The fourth-order valence-corrected chi connectivity index (χ4v) is 5.34. The Labute approximate surface area is 233 Å². The molecule has 0 atom stereocenters. The number of piperidine rings is 1. The van der Waals surface area contributed by atoms with E-state index >= 15 is 0 Å². The molecular formula is C30H27F3N4O4. The highest BCUT2D eigenvalue weighted by molar-refractivity contribution is 5.94. The molecule has 0 bridgehead atoms. The van der Waals surface area contributed by atoms with E-state index in [0.717, 1.165) is 55.9 Å². The zero-order valence-electron chi connectivity index (χ0n) is 22.2. The lowest BCUT2D eigenvalue weighted by atomic mass is 9.94. The second kappa shape index (κ2) is 10.5. The summed E-state index contributed by atoms with van der Waals surface area (Å²) in [7, 11) is 1.50. The zero-order valence-corrected chi connectivity index (χ0v) is 22.2. The Kier molecular flexibility index (Phi) is 6.88. The summed E-state index contributed by atoms with van der Waals surface area (Å²) in [4.78, 5) is 21.9. The number of pyridine rings is 2. The number of hydrogen-bond acceptors (Lipinski definition) is 7. The highest BCUT2D eigenvalue weighted by Crippen LogP contribution is 2.46. The monoisotopic (exact) mass is 564 g/mol. The van der Waals surface area contributed by atoms with Gasteiger partial charge in [0.2, 0.25) is 0 Å². The summed E-state index contributed by atoms with van der Waals surface area (Å²) in [5, 5.41) is 14.1. The van der Waals surface area contributed by atoms with Crippen molar-refractivity contribution in [3.63, 3.8) is 0 Å². The molecule has 0 unspecified atom stereocenters. The number of anilines is 1. The van der Waals surface area contributed by atoms with Crippen LogP contribution in [0.25, 0.3) is 28.4 Å². The van der Waals surface area contributed by atoms with E-state index in [1.807, 2.05) is 18.2 Å². The molecule has 4 aromatic rings. The number of nitrogens with zero attached hydrogens (tertiary/aromatic N) is 4. The number of methoxy groups -OCH3 is 1. The largest absolute Gasteiger partial charge is 0.496 e. The number of carbonyl (C=O) groups is 1. The predicted molar refractivity (Wildman–Crippen MR) is 146 cm³/mol. The molecule has 6 rings (SSSR count). The molecule has 8 nitrogen and oxygen atoms in total. The topological polar surface area (TPSA) is 102 Å². The van der Waals surface area contributed by atoms with Gasteiger partial charge in [-0.05, 0) is 61.9 Å². The van der Waals surface area contributed by atoms with Crippen molar-refractivity contribution >= 4 is 28.6 Å². The summed E-state index contributed by atoms with van der Waals surface area (Å²) in [6.07, 6.45) is 4.23. The maximum absolute atomic E-state index is 13.7. The average Bonchev–Trinajstić information content (AvgIpc) is 3.73. The molecule has 41 heavy (non-hydrogen) atoms. The minimum atomic E-state index is -4.56. The number of hydrogen-bond donors (Lipinski definition) is 1. The lowest BCUT2D eigenvalue weighted by molar-refractivity contribution is -0.137. The van der Waals surface area contributed by atoms with Crippen LogP contribution in [-0.2, 0) is 6.18 Å². The normalized spacial score (nSPS) is 16.5. The number of fused-ring (bicyclic) bond motifs is 1. The van der Waals surface area contributed by atoms with Crippen LogP contribution >= 0.6 is 0 Å². The molecule has 2 aliphatic rings. The first kappa shape index (κ1) is 26.8. The highest BCUT2D eigenvalue weighted by atomic mass is 19.4. The molecule has 1 N–H and O–H groups in total. The molecular weight excluding hydrogens is 537 g/mol. The third-order valence-electron chi connectivity index (χ3n) is 7.67. The molecule has 1 saturated carbocycles. The SMILES string of the molecule is COc1cc(C(=O)O)nc2ccc(N3CCC(/C=C/c4c(-c5ncccc5C(F)(F)F)noc4C4CC4)CC3)cc12. The van der Waals surface area contributed by atoms with Crippen molar-refractivity contribution in [1.82, 2.24) is 15.1 Å². The fourth-order valence-electron chi connectivity index (χ4n) is 5.34. The van der Waals surface area contributed by atoms with Gasteiger partial charge in [-0.3, -0.25) is 4.98 Å². The van der Waals surface area contributed by atoms with Crippen LogP contribution in [0.3, 0.4) is 0 Å². The molecule has 4 heterocycles. The van der Waals surface area contributed by atoms with Crippen LogP contribution in [-0.4, -0.2) is 46.4 Å². The van der Waals surface area contributed by atoms with Gasteiger partial charge in [-0.2, -0.15) is 13.2 Å². The Hall–Kier alpha value is -4.41. The average molecular weight is 565 g/mol. The molecule has 0 spiro atoms. The van der Waals surface area contributed by atoms with Crippen molar-refractivity contribution < 1.29 is 32.3 Å². The molecule has 2 fully saturated rings. The minimum absolute atomic E-state index is 0.0757. The first-order valence-corrected chi connectivity index (χ1v) is 13.4. The summed E-state index contributed by atoms with van der Waals surface area (Å²) in [6.45, 7) is 1.54. The number of rotatable bonds is 7. The van der Waals surface area contributed by atoms with Crippen molar-refractivity contribution in [3.8, 4) is 17.1 Å². The first-order chi connectivity index (χ1) is 19.7. The number of carboxylic acid groups (broad SMARTS) is 1. The Morgan fingerprint density at radius 1 is 1.12 bits per heavy atom. The van der Waals surface area contributed by atoms with Crippen molar-refractivity contribution in [2.45, 2.75) is 37.8 Å². The zero-order chi connectivity index (χ0) is 28.7. The Morgan fingerprint density at radius 2 is 1.90 bits per heavy atom. The molecule has 1 saturated heterocycles.